The molecule has 2 N–H and O–H groups in total. The molecule has 1 aliphatic carbocycles. The Morgan fingerprint density at radius 3 is 2.64 bits per heavy atom. The maximum absolute atomic E-state index is 14.6. The molecule has 2 amide bonds. The normalized spacial score (nSPS) is 14.4. The topological polar surface area (TPSA) is 137 Å². The van der Waals surface area contributed by atoms with Gasteiger partial charge in [0.2, 0.25) is 5.88 Å². The van der Waals surface area contributed by atoms with Gasteiger partial charge < -0.3 is 20.1 Å². The lowest BCUT2D eigenvalue weighted by Crippen LogP contribution is -2.31. The van der Waals surface area contributed by atoms with Crippen molar-refractivity contribution in [3.05, 3.63) is 87.7 Å². The molecule has 1 aromatic carbocycles. The zero-order chi connectivity index (χ0) is 31.8. The number of esters is 1. The van der Waals surface area contributed by atoms with Gasteiger partial charge in [0, 0.05) is 24.9 Å². The molecule has 0 aliphatic heterocycles. The Hall–Kier alpha value is -5.01. The van der Waals surface area contributed by atoms with E-state index in [2.05, 4.69) is 30.4 Å². The summed E-state index contributed by atoms with van der Waals surface area (Å²) >= 11 is 0. The Morgan fingerprint density at radius 1 is 1.14 bits per heavy atom. The summed E-state index contributed by atoms with van der Waals surface area (Å²) in [6.45, 7) is 4.04. The van der Waals surface area contributed by atoms with E-state index in [0.29, 0.717) is 24.0 Å². The monoisotopic (exact) mass is 610 g/mol. The number of aromatic nitrogens is 4. The Kier molecular flexibility index (Phi) is 8.26. The third kappa shape index (κ3) is 6.48. The number of hydrogen-bond acceptors (Lipinski definition) is 8. The lowest BCUT2D eigenvalue weighted by Gasteiger charge is -2.21. The first-order valence-electron chi connectivity index (χ1n) is 13.7. The van der Waals surface area contributed by atoms with Crippen molar-refractivity contribution in [2.45, 2.75) is 65.3 Å². The second kappa shape index (κ2) is 11.9. The zero-order valence-electron chi connectivity index (χ0n) is 24.3. The quantitative estimate of drug-likeness (QED) is 0.279. The van der Waals surface area contributed by atoms with E-state index in [-0.39, 0.29) is 29.5 Å². The van der Waals surface area contributed by atoms with Crippen LogP contribution in [0.25, 0.3) is 5.65 Å². The summed E-state index contributed by atoms with van der Waals surface area (Å²) in [7, 11) is 0. The minimum atomic E-state index is -3.06. The van der Waals surface area contributed by atoms with Crippen molar-refractivity contribution >= 4 is 23.4 Å². The summed E-state index contributed by atoms with van der Waals surface area (Å²) in [4.78, 5) is 46.9. The molecule has 5 rings (SSSR count). The first kappa shape index (κ1) is 30.4. The van der Waals surface area contributed by atoms with Crippen LogP contribution in [-0.4, -0.2) is 49.6 Å². The first-order valence-corrected chi connectivity index (χ1v) is 13.7. The molecule has 0 saturated carbocycles. The van der Waals surface area contributed by atoms with Crippen LogP contribution >= 0.6 is 0 Å². The summed E-state index contributed by atoms with van der Waals surface area (Å²) in [6, 6.07) is 6.95. The highest BCUT2D eigenvalue weighted by Gasteiger charge is 2.30. The molecule has 0 saturated heterocycles. The molecule has 44 heavy (non-hydrogen) atoms. The predicted molar refractivity (Wildman–Crippen MR) is 150 cm³/mol. The maximum atomic E-state index is 14.6. The molecular weight excluding hydrogens is 581 g/mol. The van der Waals surface area contributed by atoms with Crippen molar-refractivity contribution in [1.29, 1.82) is 0 Å². The summed E-state index contributed by atoms with van der Waals surface area (Å²) in [6.07, 6.45) is 3.29. The van der Waals surface area contributed by atoms with Crippen molar-refractivity contribution in [3.8, 4) is 5.88 Å². The molecule has 4 aromatic rings. The van der Waals surface area contributed by atoms with Crippen LogP contribution in [0, 0.1) is 12.7 Å². The average molecular weight is 611 g/mol. The van der Waals surface area contributed by atoms with E-state index in [9.17, 15) is 27.6 Å². The Labute approximate surface area is 249 Å². The number of hydrogen-bond donors (Lipinski definition) is 2. The van der Waals surface area contributed by atoms with Crippen molar-refractivity contribution < 1.29 is 37.0 Å². The number of carbonyl (C=O) groups excluding carboxylic acids is 3. The van der Waals surface area contributed by atoms with Crippen molar-refractivity contribution in [1.82, 2.24) is 30.2 Å². The fourth-order valence-corrected chi connectivity index (χ4v) is 5.02. The lowest BCUT2D eigenvalue weighted by atomic mass is 9.97. The fraction of sp³-hybridized carbons (Fsp3) is 0.333. The second-order valence-electron chi connectivity index (χ2n) is 11.2. The molecule has 14 heteroatoms. The van der Waals surface area contributed by atoms with E-state index in [0.717, 1.165) is 27.4 Å². The van der Waals surface area contributed by atoms with Crippen LogP contribution in [0.2, 0.25) is 0 Å². The van der Waals surface area contributed by atoms with E-state index in [1.54, 1.807) is 32.9 Å². The number of fused-ring (bicyclic) bond motifs is 2. The van der Waals surface area contributed by atoms with Crippen LogP contribution in [0.4, 0.5) is 13.2 Å². The molecule has 0 unspecified atom stereocenters. The van der Waals surface area contributed by atoms with Gasteiger partial charge in [0.15, 0.2) is 11.5 Å². The molecule has 1 atom stereocenters. The fourth-order valence-electron chi connectivity index (χ4n) is 5.02. The largest absolute Gasteiger partial charge is 0.456 e. The van der Waals surface area contributed by atoms with Crippen LogP contribution in [0.15, 0.2) is 42.7 Å². The predicted octanol–water partition coefficient (Wildman–Crippen LogP) is 4.48. The highest BCUT2D eigenvalue weighted by Crippen LogP contribution is 2.35. The number of rotatable bonds is 8. The van der Waals surface area contributed by atoms with E-state index < -0.39 is 41.9 Å². The van der Waals surface area contributed by atoms with Gasteiger partial charge in [-0.1, -0.05) is 6.07 Å². The number of nitrogens with zero attached hydrogens (tertiary/aromatic N) is 4. The smallest absolute Gasteiger partial charge is 0.388 e. The number of halogens is 3. The van der Waals surface area contributed by atoms with Crippen LogP contribution < -0.4 is 15.4 Å². The molecule has 230 valence electrons. The van der Waals surface area contributed by atoms with Gasteiger partial charge in [-0.25, -0.2) is 23.7 Å². The van der Waals surface area contributed by atoms with Crippen LogP contribution in [0.5, 0.6) is 5.88 Å². The summed E-state index contributed by atoms with van der Waals surface area (Å²) in [5.41, 5.74) is 2.04. The number of carbonyl (C=O) groups is 3. The standard InChI is InChI=1S/C30H29F3N6O5/c1-15-17-7-8-21(19(17)6-5-18(15)28(42)44-30(2,3)4)38-27(41)23-12-22(37-25-20(31)14-36-39(23)25)26(40)35-13-16-9-10-34-24(11-16)43-29(32)33/h5-6,9-12,14,21,29H,7-8,13H2,1-4H3,(H,35,40)(H,38,41)/t21-/m0/s1. The number of nitrogens with one attached hydrogen (secondary N) is 2. The molecule has 0 radical (unpaired) electrons. The molecule has 3 aromatic heterocycles. The van der Waals surface area contributed by atoms with E-state index in [1.165, 1.54) is 24.4 Å². The Bertz CT molecular complexity index is 1770. The molecule has 11 nitrogen and oxygen atoms in total. The van der Waals surface area contributed by atoms with Gasteiger partial charge in [-0.3, -0.25) is 9.59 Å². The van der Waals surface area contributed by atoms with Gasteiger partial charge in [-0.05, 0) is 74.9 Å². The van der Waals surface area contributed by atoms with Crippen molar-refractivity contribution in [2.75, 3.05) is 0 Å². The minimum Gasteiger partial charge on any atom is -0.456 e. The van der Waals surface area contributed by atoms with E-state index in [4.69, 9.17) is 4.74 Å². The van der Waals surface area contributed by atoms with Gasteiger partial charge in [-0.15, -0.1) is 0 Å². The van der Waals surface area contributed by atoms with Gasteiger partial charge in [0.1, 0.15) is 17.0 Å². The minimum absolute atomic E-state index is 0.111. The van der Waals surface area contributed by atoms with Gasteiger partial charge in [0.25, 0.3) is 11.8 Å². The number of amides is 2. The molecule has 3 heterocycles. The zero-order valence-corrected chi connectivity index (χ0v) is 24.3. The highest BCUT2D eigenvalue weighted by atomic mass is 19.3. The summed E-state index contributed by atoms with van der Waals surface area (Å²) in [5.74, 6) is -2.96. The van der Waals surface area contributed by atoms with Crippen LogP contribution in [0.1, 0.15) is 86.8 Å². The van der Waals surface area contributed by atoms with Gasteiger partial charge >= 0.3 is 12.6 Å². The maximum Gasteiger partial charge on any atom is 0.388 e. The highest BCUT2D eigenvalue weighted by molar-refractivity contribution is 5.98. The van der Waals surface area contributed by atoms with Gasteiger partial charge in [0.05, 0.1) is 17.8 Å². The van der Waals surface area contributed by atoms with Crippen molar-refractivity contribution in [3.63, 3.8) is 0 Å². The average Bonchev–Trinajstić information content (AvgIpc) is 3.54. The number of ether oxygens (including phenoxy) is 2. The van der Waals surface area contributed by atoms with Crippen molar-refractivity contribution in [2.24, 2.45) is 0 Å². The Balaban J connectivity index is 1.35. The number of benzene rings is 1. The number of alkyl halides is 2. The van der Waals surface area contributed by atoms with Crippen LogP contribution in [0.3, 0.4) is 0 Å². The summed E-state index contributed by atoms with van der Waals surface area (Å²) in [5, 5.41) is 9.41. The number of pyridine rings is 1. The summed E-state index contributed by atoms with van der Waals surface area (Å²) < 4.78 is 50.4. The van der Waals surface area contributed by atoms with E-state index >= 15 is 0 Å². The molecule has 0 bridgehead atoms. The third-order valence-corrected chi connectivity index (χ3v) is 6.97. The SMILES string of the molecule is Cc1c(C(=O)OC(C)(C)C)ccc2c1CC[C@@H]2NC(=O)c1cc(C(=O)NCc2ccnc(OC(F)F)c2)nc2c(F)cnn12. The van der Waals surface area contributed by atoms with Crippen LogP contribution in [-0.2, 0) is 17.7 Å². The Morgan fingerprint density at radius 2 is 1.91 bits per heavy atom. The first-order chi connectivity index (χ1) is 20.8. The second-order valence-corrected chi connectivity index (χ2v) is 11.2. The third-order valence-electron chi connectivity index (χ3n) is 6.97. The molecular formula is C30H29F3N6O5. The van der Waals surface area contributed by atoms with Gasteiger partial charge in [-0.2, -0.15) is 13.9 Å². The lowest BCUT2D eigenvalue weighted by molar-refractivity contribution is -0.0529. The molecule has 0 spiro atoms. The van der Waals surface area contributed by atoms with E-state index in [1.807, 2.05) is 6.92 Å². The molecule has 0 fully saturated rings. The molecule has 1 aliphatic rings.